The van der Waals surface area contributed by atoms with Crippen LogP contribution >= 0.6 is 28.5 Å². The van der Waals surface area contributed by atoms with Crippen LogP contribution in [0.4, 0.5) is 5.69 Å². The number of para-hydroxylation sites is 1. The predicted molar refractivity (Wildman–Crippen MR) is 92.4 cm³/mol. The summed E-state index contributed by atoms with van der Waals surface area (Å²) >= 11 is 6.00. The van der Waals surface area contributed by atoms with Gasteiger partial charge in [-0.05, 0) is 30.2 Å². The fourth-order valence-corrected chi connectivity index (χ4v) is 2.31. The molecular formula is C15H21Br2N2Ni. The van der Waals surface area contributed by atoms with E-state index in [9.17, 15) is 0 Å². The second-order valence-corrected chi connectivity index (χ2v) is 10.1. The first-order valence-electron chi connectivity index (χ1n) is 6.73. The first-order chi connectivity index (χ1) is 9.60. The summed E-state index contributed by atoms with van der Waals surface area (Å²) in [5.74, 6) is 0.517. The Labute approximate surface area is 142 Å². The molecule has 1 aliphatic heterocycles. The van der Waals surface area contributed by atoms with Gasteiger partial charge in [0.15, 0.2) is 0 Å². The number of aliphatic imine (C=N–C) groups is 1. The van der Waals surface area contributed by atoms with Gasteiger partial charge >= 0.3 is 39.3 Å². The fraction of sp³-hybridized carbons (Fsp3) is 0.533. The van der Waals surface area contributed by atoms with Crippen molar-refractivity contribution in [3.05, 3.63) is 35.1 Å². The van der Waals surface area contributed by atoms with E-state index in [2.05, 4.69) is 78.8 Å². The molecule has 1 atom stereocenters. The molecule has 0 bridgehead atoms. The van der Waals surface area contributed by atoms with Gasteiger partial charge in [-0.3, -0.25) is 4.99 Å². The summed E-state index contributed by atoms with van der Waals surface area (Å²) in [6.07, 6.45) is 2.38. The molecule has 0 N–H and O–H groups in total. The Morgan fingerprint density at radius 1 is 1.35 bits per heavy atom. The maximum absolute atomic E-state index is 4.79. The van der Waals surface area contributed by atoms with Crippen molar-refractivity contribution in [2.45, 2.75) is 45.6 Å². The van der Waals surface area contributed by atoms with Crippen LogP contribution < -0.4 is 0 Å². The van der Waals surface area contributed by atoms with Gasteiger partial charge in [-0.15, -0.1) is 6.54 Å². The topological polar surface area (TPSA) is 26.5 Å². The minimum atomic E-state index is 0.357. The van der Waals surface area contributed by atoms with Crippen molar-refractivity contribution in [2.75, 3.05) is 6.54 Å². The van der Waals surface area contributed by atoms with Crippen LogP contribution in [0.2, 0.25) is 0 Å². The zero-order valence-electron chi connectivity index (χ0n) is 12.1. The van der Waals surface area contributed by atoms with Crippen LogP contribution in [0.15, 0.2) is 29.3 Å². The minimum absolute atomic E-state index is 0.357. The third-order valence-electron chi connectivity index (χ3n) is 3.32. The second-order valence-electron chi connectivity index (χ2n) is 5.08. The first-order valence-corrected chi connectivity index (χ1v) is 11.6. The van der Waals surface area contributed by atoms with Crippen molar-refractivity contribution in [1.82, 2.24) is 0 Å². The number of hydrogen-bond donors (Lipinski definition) is 0. The Morgan fingerprint density at radius 3 is 2.55 bits per heavy atom. The Bertz CT molecular complexity index is 430. The average Bonchev–Trinajstić information content (AvgIpc) is 2.94. The van der Waals surface area contributed by atoms with Crippen molar-refractivity contribution in [2.24, 2.45) is 4.99 Å². The van der Waals surface area contributed by atoms with Crippen LogP contribution in [0, 0.1) is 0 Å². The summed E-state index contributed by atoms with van der Waals surface area (Å²) in [4.78, 5) is 4.79. The average molecular weight is 448 g/mol. The van der Waals surface area contributed by atoms with Crippen molar-refractivity contribution in [1.29, 1.82) is 0 Å². The molecule has 115 valence electrons. The molecule has 0 saturated carbocycles. The summed E-state index contributed by atoms with van der Waals surface area (Å²) in [5.41, 5.74) is 3.60. The van der Waals surface area contributed by atoms with Crippen LogP contribution in [0.25, 0.3) is 5.32 Å². The molecule has 1 saturated heterocycles. The second kappa shape index (κ2) is 10.1. The van der Waals surface area contributed by atoms with Crippen molar-refractivity contribution < 1.29 is 10.9 Å². The number of benzene rings is 1. The number of rotatable bonds is 3. The van der Waals surface area contributed by atoms with Gasteiger partial charge in [0, 0.05) is 0 Å². The van der Waals surface area contributed by atoms with Gasteiger partial charge in [-0.2, -0.15) is 0 Å². The molecule has 5 heteroatoms. The van der Waals surface area contributed by atoms with E-state index in [4.69, 9.17) is 4.99 Å². The van der Waals surface area contributed by atoms with E-state index in [-0.39, 0.29) is 0 Å². The molecule has 1 heterocycles. The summed E-state index contributed by atoms with van der Waals surface area (Å²) in [6, 6.07) is 8.78. The van der Waals surface area contributed by atoms with E-state index in [1.54, 1.807) is 0 Å². The van der Waals surface area contributed by atoms with Gasteiger partial charge < -0.3 is 5.32 Å². The van der Waals surface area contributed by atoms with E-state index in [1.807, 2.05) is 0 Å². The standard InChI is InChI=1S/C15H21N2.2BrH.Ni/c1-11(2)13-7-4-5-8-15(13)17-12(3)14-9-6-10-16-14;;;/h4-5,7-8,11,14H,6,9-10H2,1-3H3;2*1H;/q-1;;;+3/p-2. The van der Waals surface area contributed by atoms with Crippen LogP contribution in [-0.4, -0.2) is 18.3 Å². The molecule has 0 spiro atoms. The molecule has 1 aromatic carbocycles. The first kappa shape index (κ1) is 18.4. The molecule has 0 radical (unpaired) electrons. The quantitative estimate of drug-likeness (QED) is 0.394. The third kappa shape index (κ3) is 5.97. The maximum atomic E-state index is 4.79. The van der Waals surface area contributed by atoms with Crippen LogP contribution in [0.3, 0.4) is 0 Å². The summed E-state index contributed by atoms with van der Waals surface area (Å²) < 4.78 is 0. The monoisotopic (exact) mass is 445 g/mol. The van der Waals surface area contributed by atoms with Gasteiger partial charge in [-0.25, -0.2) is 0 Å². The molecule has 1 fully saturated rings. The zero-order chi connectivity index (χ0) is 15.0. The molecule has 1 aliphatic rings. The molecule has 2 rings (SSSR count). The van der Waals surface area contributed by atoms with Gasteiger partial charge in [0.05, 0.1) is 5.69 Å². The van der Waals surface area contributed by atoms with Gasteiger partial charge in [-0.1, -0.05) is 50.9 Å². The van der Waals surface area contributed by atoms with Crippen LogP contribution in [0.5, 0.6) is 0 Å². The normalized spacial score (nSPS) is 19.1. The molecule has 0 aromatic heterocycles. The van der Waals surface area contributed by atoms with E-state index in [0.29, 0.717) is 12.0 Å². The Kier molecular flexibility index (Phi) is 9.27. The predicted octanol–water partition coefficient (Wildman–Crippen LogP) is 6.13. The van der Waals surface area contributed by atoms with Gasteiger partial charge in [0.1, 0.15) is 0 Å². The van der Waals surface area contributed by atoms with Gasteiger partial charge in [0.25, 0.3) is 0 Å². The number of halogens is 2. The molecule has 0 aliphatic carbocycles. The number of nitrogens with zero attached hydrogens (tertiary/aromatic N) is 2. The Morgan fingerprint density at radius 2 is 2.00 bits per heavy atom. The SMILES string of the molecule is CC(=Nc1ccccc1C(C)C)C1CCC[N-]1.[Br][Ni+][Br]. The fourth-order valence-electron chi connectivity index (χ4n) is 2.31. The Hall–Kier alpha value is 0.304. The van der Waals surface area contributed by atoms with E-state index < -0.39 is 0 Å². The molecular weight excluding hydrogens is 427 g/mol. The third-order valence-corrected chi connectivity index (χ3v) is 3.32. The van der Waals surface area contributed by atoms with E-state index in [0.717, 1.165) is 17.9 Å². The molecule has 20 heavy (non-hydrogen) atoms. The molecule has 1 unspecified atom stereocenters. The zero-order valence-corrected chi connectivity index (χ0v) is 16.2. The van der Waals surface area contributed by atoms with Gasteiger partial charge in [0.2, 0.25) is 0 Å². The van der Waals surface area contributed by atoms with Crippen molar-refractivity contribution in [3.63, 3.8) is 0 Å². The summed E-state index contributed by atoms with van der Waals surface area (Å²) in [5, 5.41) is 4.58. The van der Waals surface area contributed by atoms with Crippen LogP contribution in [0.1, 0.15) is 45.1 Å². The Balaban J connectivity index is 0.000000612. The molecule has 1 aromatic rings. The summed E-state index contributed by atoms with van der Waals surface area (Å²) in [7, 11) is 1.25. The number of hydrogen-bond acceptors (Lipinski definition) is 1. The van der Waals surface area contributed by atoms with E-state index >= 15 is 0 Å². The van der Waals surface area contributed by atoms with Crippen molar-refractivity contribution >= 4 is 39.9 Å². The summed E-state index contributed by atoms with van der Waals surface area (Å²) in [6.45, 7) is 7.53. The molecule has 2 nitrogen and oxygen atoms in total. The van der Waals surface area contributed by atoms with E-state index in [1.165, 1.54) is 29.3 Å². The van der Waals surface area contributed by atoms with Crippen LogP contribution in [-0.2, 0) is 10.9 Å². The van der Waals surface area contributed by atoms with Crippen molar-refractivity contribution in [3.8, 4) is 0 Å². The molecule has 0 amide bonds.